The number of carbonyl (C=O) groups is 2. The predicted octanol–water partition coefficient (Wildman–Crippen LogP) is 3.82. The predicted molar refractivity (Wildman–Crippen MR) is 87.8 cm³/mol. The normalized spacial score (nSPS) is 12.0. The Hall–Kier alpha value is -2.36. The quantitative estimate of drug-likeness (QED) is 0.625. The first-order valence-electron chi connectivity index (χ1n) is 7.17. The van der Waals surface area contributed by atoms with Gasteiger partial charge in [-0.2, -0.15) is 0 Å². The lowest BCUT2D eigenvalue weighted by molar-refractivity contribution is -0.134. The van der Waals surface area contributed by atoms with E-state index in [0.717, 1.165) is 22.0 Å². The smallest absolute Gasteiger partial charge is 0.330 e. The minimum absolute atomic E-state index is 0.0181. The maximum absolute atomic E-state index is 12.7. The van der Waals surface area contributed by atoms with Gasteiger partial charge in [0.05, 0.1) is 12.6 Å². The SMILES string of the molecule is COC(=O)/C=C/c1cccc2c(C)cn(C(=O)C(C)(C)C)c12. The van der Waals surface area contributed by atoms with Crippen LogP contribution in [-0.2, 0) is 9.53 Å². The number of para-hydroxylation sites is 1. The van der Waals surface area contributed by atoms with Crippen molar-refractivity contribution in [3.63, 3.8) is 0 Å². The Labute approximate surface area is 130 Å². The summed E-state index contributed by atoms with van der Waals surface area (Å²) in [6, 6.07) is 5.78. The van der Waals surface area contributed by atoms with Crippen molar-refractivity contribution in [2.75, 3.05) is 7.11 Å². The van der Waals surface area contributed by atoms with Crippen LogP contribution in [0.2, 0.25) is 0 Å². The van der Waals surface area contributed by atoms with E-state index in [4.69, 9.17) is 0 Å². The first-order valence-corrected chi connectivity index (χ1v) is 7.17. The molecule has 0 atom stereocenters. The number of hydrogen-bond donors (Lipinski definition) is 0. The molecule has 0 bridgehead atoms. The zero-order chi connectivity index (χ0) is 16.5. The number of carbonyl (C=O) groups excluding carboxylic acids is 2. The second-order valence-electron chi connectivity index (χ2n) is 6.34. The number of benzene rings is 1. The van der Waals surface area contributed by atoms with Crippen LogP contribution in [0.4, 0.5) is 0 Å². The van der Waals surface area contributed by atoms with Gasteiger partial charge in [-0.15, -0.1) is 0 Å². The van der Waals surface area contributed by atoms with Gasteiger partial charge in [0, 0.05) is 23.1 Å². The van der Waals surface area contributed by atoms with E-state index >= 15 is 0 Å². The summed E-state index contributed by atoms with van der Waals surface area (Å²) in [5.74, 6) is -0.404. The molecule has 0 amide bonds. The molecule has 4 nitrogen and oxygen atoms in total. The van der Waals surface area contributed by atoms with Crippen LogP contribution in [0.5, 0.6) is 0 Å². The maximum atomic E-state index is 12.7. The summed E-state index contributed by atoms with van der Waals surface area (Å²) in [5.41, 5.74) is 2.17. The topological polar surface area (TPSA) is 48.3 Å². The molecule has 4 heteroatoms. The molecule has 0 saturated heterocycles. The average molecular weight is 299 g/mol. The van der Waals surface area contributed by atoms with Gasteiger partial charge < -0.3 is 4.74 Å². The summed E-state index contributed by atoms with van der Waals surface area (Å²) in [6.07, 6.45) is 4.90. The largest absolute Gasteiger partial charge is 0.466 e. The lowest BCUT2D eigenvalue weighted by Crippen LogP contribution is -2.26. The molecule has 0 radical (unpaired) electrons. The number of ether oxygens (including phenoxy) is 1. The first-order chi connectivity index (χ1) is 10.3. The number of fused-ring (bicyclic) bond motifs is 1. The van der Waals surface area contributed by atoms with E-state index in [1.165, 1.54) is 13.2 Å². The number of aromatic nitrogens is 1. The summed E-state index contributed by atoms with van der Waals surface area (Å²) >= 11 is 0. The Morgan fingerprint density at radius 3 is 2.50 bits per heavy atom. The Kier molecular flexibility index (Phi) is 4.22. The molecule has 0 N–H and O–H groups in total. The van der Waals surface area contributed by atoms with Crippen LogP contribution in [0.15, 0.2) is 30.5 Å². The summed E-state index contributed by atoms with van der Waals surface area (Å²) in [5, 5.41) is 1.00. The van der Waals surface area contributed by atoms with Gasteiger partial charge >= 0.3 is 5.97 Å². The molecule has 0 fully saturated rings. The average Bonchev–Trinajstić information content (AvgIpc) is 2.80. The van der Waals surface area contributed by atoms with Gasteiger partial charge in [-0.3, -0.25) is 9.36 Å². The van der Waals surface area contributed by atoms with Crippen LogP contribution in [0.25, 0.3) is 17.0 Å². The fraction of sp³-hybridized carbons (Fsp3) is 0.333. The summed E-state index contributed by atoms with van der Waals surface area (Å²) in [6.45, 7) is 7.65. The van der Waals surface area contributed by atoms with Gasteiger partial charge in [0.15, 0.2) is 0 Å². The second-order valence-corrected chi connectivity index (χ2v) is 6.34. The monoisotopic (exact) mass is 299 g/mol. The van der Waals surface area contributed by atoms with E-state index < -0.39 is 11.4 Å². The molecular formula is C18H21NO3. The van der Waals surface area contributed by atoms with Crippen molar-refractivity contribution < 1.29 is 14.3 Å². The van der Waals surface area contributed by atoms with Gasteiger partial charge in [0.1, 0.15) is 0 Å². The molecule has 1 heterocycles. The van der Waals surface area contributed by atoms with Gasteiger partial charge in [-0.25, -0.2) is 4.79 Å². The van der Waals surface area contributed by atoms with Gasteiger partial charge in [0.2, 0.25) is 5.91 Å². The second kappa shape index (κ2) is 5.79. The lowest BCUT2D eigenvalue weighted by atomic mass is 9.95. The van der Waals surface area contributed by atoms with Crippen LogP contribution in [0.1, 0.15) is 36.7 Å². The summed E-state index contributed by atoms with van der Waals surface area (Å²) in [4.78, 5) is 24.0. The molecule has 0 saturated carbocycles. The molecule has 1 aromatic heterocycles. The van der Waals surface area contributed by atoms with E-state index in [1.807, 2.05) is 52.1 Å². The molecular weight excluding hydrogens is 278 g/mol. The van der Waals surface area contributed by atoms with E-state index in [-0.39, 0.29) is 5.91 Å². The molecule has 2 rings (SSSR count). The van der Waals surface area contributed by atoms with Crippen molar-refractivity contribution in [1.29, 1.82) is 0 Å². The zero-order valence-corrected chi connectivity index (χ0v) is 13.6. The van der Waals surface area contributed by atoms with Crippen molar-refractivity contribution in [2.24, 2.45) is 5.41 Å². The Balaban J connectivity index is 2.67. The highest BCUT2D eigenvalue weighted by atomic mass is 16.5. The van der Waals surface area contributed by atoms with Crippen LogP contribution < -0.4 is 0 Å². The number of nitrogens with zero attached hydrogens (tertiary/aromatic N) is 1. The maximum Gasteiger partial charge on any atom is 0.330 e. The Bertz CT molecular complexity index is 760. The van der Waals surface area contributed by atoms with Crippen molar-refractivity contribution in [3.05, 3.63) is 41.6 Å². The van der Waals surface area contributed by atoms with Crippen molar-refractivity contribution in [1.82, 2.24) is 4.57 Å². The fourth-order valence-electron chi connectivity index (χ4n) is 2.36. The first kappa shape index (κ1) is 16.0. The highest BCUT2D eigenvalue weighted by Crippen LogP contribution is 2.28. The van der Waals surface area contributed by atoms with E-state index in [2.05, 4.69) is 4.74 Å². The van der Waals surface area contributed by atoms with Crippen molar-refractivity contribution >= 4 is 28.9 Å². The molecule has 22 heavy (non-hydrogen) atoms. The molecule has 0 aliphatic carbocycles. The Morgan fingerprint density at radius 1 is 1.23 bits per heavy atom. The van der Waals surface area contributed by atoms with Crippen molar-refractivity contribution in [2.45, 2.75) is 27.7 Å². The molecule has 0 aliphatic rings. The van der Waals surface area contributed by atoms with Gasteiger partial charge in [-0.1, -0.05) is 39.0 Å². The van der Waals surface area contributed by atoms with Crippen LogP contribution in [0, 0.1) is 12.3 Å². The number of hydrogen-bond acceptors (Lipinski definition) is 3. The van der Waals surface area contributed by atoms with Crippen molar-refractivity contribution in [3.8, 4) is 0 Å². The number of esters is 1. The van der Waals surface area contributed by atoms with Crippen LogP contribution in [-0.4, -0.2) is 23.6 Å². The van der Waals surface area contributed by atoms with Crippen LogP contribution >= 0.6 is 0 Å². The zero-order valence-electron chi connectivity index (χ0n) is 13.6. The third-order valence-electron chi connectivity index (χ3n) is 3.52. The van der Waals surface area contributed by atoms with Crippen LogP contribution in [0.3, 0.4) is 0 Å². The number of rotatable bonds is 2. The molecule has 0 aliphatic heterocycles. The minimum atomic E-state index is -0.489. The Morgan fingerprint density at radius 2 is 1.91 bits per heavy atom. The molecule has 2 aromatic rings. The summed E-state index contributed by atoms with van der Waals surface area (Å²) in [7, 11) is 1.34. The highest BCUT2D eigenvalue weighted by Gasteiger charge is 2.25. The third-order valence-corrected chi connectivity index (χ3v) is 3.52. The number of aryl methyl sites for hydroxylation is 1. The van der Waals surface area contributed by atoms with Gasteiger partial charge in [0.25, 0.3) is 0 Å². The standard InChI is InChI=1S/C18H21NO3/c1-12-11-19(17(21)18(2,3)4)16-13(7-6-8-14(12)16)9-10-15(20)22-5/h6-11H,1-5H3/b10-9+. The number of methoxy groups -OCH3 is 1. The highest BCUT2D eigenvalue weighted by molar-refractivity contribution is 6.01. The molecule has 1 aromatic carbocycles. The molecule has 116 valence electrons. The molecule has 0 spiro atoms. The molecule has 0 unspecified atom stereocenters. The van der Waals surface area contributed by atoms with E-state index in [1.54, 1.807) is 10.6 Å². The third kappa shape index (κ3) is 2.96. The minimum Gasteiger partial charge on any atom is -0.466 e. The van der Waals surface area contributed by atoms with E-state index in [0.29, 0.717) is 0 Å². The lowest BCUT2D eigenvalue weighted by Gasteiger charge is -2.18. The fourth-order valence-corrected chi connectivity index (χ4v) is 2.36. The summed E-state index contributed by atoms with van der Waals surface area (Å²) < 4.78 is 6.30. The van der Waals surface area contributed by atoms with Gasteiger partial charge in [-0.05, 0) is 24.1 Å². The van der Waals surface area contributed by atoms with E-state index in [9.17, 15) is 9.59 Å².